The Hall–Kier alpha value is -3.20. The van der Waals surface area contributed by atoms with Crippen molar-refractivity contribution in [2.24, 2.45) is 0 Å². The molecule has 0 bridgehead atoms. The van der Waals surface area contributed by atoms with E-state index < -0.39 is 24.3 Å². The zero-order chi connectivity index (χ0) is 20.8. The lowest BCUT2D eigenvalue weighted by Crippen LogP contribution is -2.21. The molecule has 1 aromatic heterocycles. The van der Waals surface area contributed by atoms with Crippen molar-refractivity contribution in [3.63, 3.8) is 0 Å². The first kappa shape index (κ1) is 20.5. The molecule has 150 valence electrons. The highest BCUT2D eigenvalue weighted by Gasteiger charge is 2.16. The van der Waals surface area contributed by atoms with Crippen LogP contribution in [-0.4, -0.2) is 28.6 Å². The van der Waals surface area contributed by atoms with Crippen molar-refractivity contribution in [1.29, 1.82) is 0 Å². The van der Waals surface area contributed by atoms with Gasteiger partial charge in [-0.05, 0) is 43.7 Å². The molecule has 2 aromatic carbocycles. The van der Waals surface area contributed by atoms with E-state index in [1.165, 1.54) is 17.8 Å². The number of aryl methyl sites for hydroxylation is 2. The fourth-order valence-corrected chi connectivity index (χ4v) is 3.25. The number of nitrogens with one attached hydrogen (secondary N) is 1. The lowest BCUT2D eigenvalue weighted by Gasteiger charge is -2.09. The number of amides is 1. The van der Waals surface area contributed by atoms with Crippen LogP contribution in [0.1, 0.15) is 27.6 Å². The Kier molecular flexibility index (Phi) is 6.61. The second-order valence-corrected chi connectivity index (χ2v) is 7.13. The van der Waals surface area contributed by atoms with Gasteiger partial charge >= 0.3 is 5.97 Å². The van der Waals surface area contributed by atoms with Crippen molar-refractivity contribution >= 4 is 29.3 Å². The van der Waals surface area contributed by atoms with Gasteiger partial charge in [-0.15, -0.1) is 11.8 Å². The quantitative estimate of drug-likeness (QED) is 0.462. The number of nitrogens with zero attached hydrogens (tertiary/aromatic N) is 2. The van der Waals surface area contributed by atoms with Gasteiger partial charge in [-0.25, -0.2) is 9.18 Å². The zero-order valence-corrected chi connectivity index (χ0v) is 16.6. The molecule has 1 heterocycles. The Morgan fingerprint density at radius 1 is 1.21 bits per heavy atom. The van der Waals surface area contributed by atoms with E-state index in [9.17, 15) is 14.0 Å². The monoisotopic (exact) mass is 415 g/mol. The number of hydrogen-bond acceptors (Lipinski definition) is 7. The van der Waals surface area contributed by atoms with Crippen LogP contribution in [0.3, 0.4) is 0 Å². The van der Waals surface area contributed by atoms with Crippen LogP contribution in [-0.2, 0) is 15.3 Å². The average Bonchev–Trinajstić information content (AvgIpc) is 3.13. The minimum atomic E-state index is -0.639. The van der Waals surface area contributed by atoms with Gasteiger partial charge in [-0.1, -0.05) is 23.4 Å². The molecule has 1 N–H and O–H groups in total. The third kappa shape index (κ3) is 5.64. The number of carbonyl (C=O) groups is 2. The van der Waals surface area contributed by atoms with E-state index in [-0.39, 0.29) is 0 Å². The SMILES string of the molecule is Cc1noc(CSc2ccccc2C(=O)OCC(=O)Nc2ccc(C)c(F)c2)n1. The van der Waals surface area contributed by atoms with Gasteiger partial charge in [-0.3, -0.25) is 4.79 Å². The summed E-state index contributed by atoms with van der Waals surface area (Å²) in [7, 11) is 0. The predicted molar refractivity (Wildman–Crippen MR) is 105 cm³/mol. The van der Waals surface area contributed by atoms with E-state index in [1.807, 2.05) is 0 Å². The van der Waals surface area contributed by atoms with Crippen molar-refractivity contribution in [3.8, 4) is 0 Å². The number of aromatic nitrogens is 2. The molecule has 3 aromatic rings. The highest BCUT2D eigenvalue weighted by molar-refractivity contribution is 7.98. The van der Waals surface area contributed by atoms with E-state index in [1.54, 1.807) is 50.2 Å². The van der Waals surface area contributed by atoms with Crippen LogP contribution in [0.5, 0.6) is 0 Å². The van der Waals surface area contributed by atoms with Crippen molar-refractivity contribution < 1.29 is 23.2 Å². The number of carbonyl (C=O) groups excluding carboxylic acids is 2. The number of halogens is 1. The second kappa shape index (κ2) is 9.33. The molecular formula is C20H18FN3O4S. The molecule has 0 spiro atoms. The summed E-state index contributed by atoms with van der Waals surface area (Å²) in [5.41, 5.74) is 1.09. The lowest BCUT2D eigenvalue weighted by molar-refractivity contribution is -0.119. The van der Waals surface area contributed by atoms with E-state index in [4.69, 9.17) is 9.26 Å². The molecule has 1 amide bonds. The summed E-state index contributed by atoms with van der Waals surface area (Å²) >= 11 is 1.34. The standard InChI is InChI=1S/C20H18FN3O4S/c1-12-7-8-14(9-16(12)21)23-18(25)10-27-20(26)15-5-3-4-6-17(15)29-11-19-22-13(2)24-28-19/h3-9H,10-11H2,1-2H3,(H,23,25). The van der Waals surface area contributed by atoms with E-state index >= 15 is 0 Å². The van der Waals surface area contributed by atoms with Crippen molar-refractivity contribution in [2.45, 2.75) is 24.5 Å². The summed E-state index contributed by atoms with van der Waals surface area (Å²) < 4.78 is 23.7. The number of thioether (sulfide) groups is 1. The fourth-order valence-electron chi connectivity index (χ4n) is 2.38. The van der Waals surface area contributed by atoms with Gasteiger partial charge < -0.3 is 14.6 Å². The summed E-state index contributed by atoms with van der Waals surface area (Å²) in [5, 5.41) is 6.21. The van der Waals surface area contributed by atoms with Crippen LogP contribution in [0, 0.1) is 19.7 Å². The predicted octanol–water partition coefficient (Wildman–Crippen LogP) is 3.91. The molecule has 0 unspecified atom stereocenters. The molecule has 29 heavy (non-hydrogen) atoms. The van der Waals surface area contributed by atoms with Gasteiger partial charge in [0.25, 0.3) is 5.91 Å². The van der Waals surface area contributed by atoms with Crippen LogP contribution in [0.15, 0.2) is 51.9 Å². The van der Waals surface area contributed by atoms with E-state index in [2.05, 4.69) is 15.5 Å². The van der Waals surface area contributed by atoms with Gasteiger partial charge in [-0.2, -0.15) is 4.98 Å². The molecule has 0 radical (unpaired) electrons. The Bertz CT molecular complexity index is 1040. The van der Waals surface area contributed by atoms with Gasteiger partial charge in [0.05, 0.1) is 11.3 Å². The molecule has 9 heteroatoms. The summed E-state index contributed by atoms with van der Waals surface area (Å²) in [6, 6.07) is 11.2. The molecule has 0 saturated carbocycles. The van der Waals surface area contributed by atoms with Crippen LogP contribution < -0.4 is 5.32 Å². The Balaban J connectivity index is 1.57. The third-order valence-electron chi connectivity index (χ3n) is 3.82. The maximum Gasteiger partial charge on any atom is 0.339 e. The summed E-state index contributed by atoms with van der Waals surface area (Å²) in [4.78, 5) is 29.2. The molecule has 0 aliphatic heterocycles. The molecule has 3 rings (SSSR count). The summed E-state index contributed by atoms with van der Waals surface area (Å²) in [6.45, 7) is 2.85. The zero-order valence-electron chi connectivity index (χ0n) is 15.8. The van der Waals surface area contributed by atoms with Gasteiger partial charge in [0.1, 0.15) is 5.82 Å². The molecule has 0 saturated heterocycles. The first-order valence-electron chi connectivity index (χ1n) is 8.66. The fraction of sp³-hybridized carbons (Fsp3) is 0.200. The number of anilines is 1. The largest absolute Gasteiger partial charge is 0.452 e. The maximum atomic E-state index is 13.6. The van der Waals surface area contributed by atoms with Crippen LogP contribution in [0.4, 0.5) is 10.1 Å². The summed E-state index contributed by atoms with van der Waals surface area (Å²) in [5.74, 6) is -0.256. The maximum absolute atomic E-state index is 13.6. The van der Waals surface area contributed by atoms with Crippen LogP contribution in [0.2, 0.25) is 0 Å². The number of ether oxygens (including phenoxy) is 1. The highest BCUT2D eigenvalue weighted by atomic mass is 32.2. The molecule has 7 nitrogen and oxygen atoms in total. The first-order valence-corrected chi connectivity index (χ1v) is 9.65. The smallest absolute Gasteiger partial charge is 0.339 e. The second-order valence-electron chi connectivity index (χ2n) is 6.11. The van der Waals surface area contributed by atoms with Crippen LogP contribution >= 0.6 is 11.8 Å². The Morgan fingerprint density at radius 3 is 2.72 bits per heavy atom. The highest BCUT2D eigenvalue weighted by Crippen LogP contribution is 2.26. The lowest BCUT2D eigenvalue weighted by atomic mass is 10.2. The molecule has 0 atom stereocenters. The normalized spacial score (nSPS) is 10.6. The first-order chi connectivity index (χ1) is 13.9. The third-order valence-corrected chi connectivity index (χ3v) is 4.88. The summed E-state index contributed by atoms with van der Waals surface area (Å²) in [6.07, 6.45) is 0. The number of hydrogen-bond donors (Lipinski definition) is 1. The van der Waals surface area contributed by atoms with Gasteiger partial charge in [0, 0.05) is 10.6 Å². The van der Waals surface area contributed by atoms with E-state index in [0.717, 1.165) is 0 Å². The van der Waals surface area contributed by atoms with E-state index in [0.29, 0.717) is 39.2 Å². The molecule has 0 aliphatic carbocycles. The minimum Gasteiger partial charge on any atom is -0.452 e. The van der Waals surface area contributed by atoms with Crippen molar-refractivity contribution in [2.75, 3.05) is 11.9 Å². The van der Waals surface area contributed by atoms with Gasteiger partial charge in [0.2, 0.25) is 5.89 Å². The number of rotatable bonds is 7. The van der Waals surface area contributed by atoms with Crippen LogP contribution in [0.25, 0.3) is 0 Å². The topological polar surface area (TPSA) is 94.3 Å². The Morgan fingerprint density at radius 2 is 2.00 bits per heavy atom. The molecule has 0 aliphatic rings. The number of esters is 1. The number of benzene rings is 2. The average molecular weight is 415 g/mol. The van der Waals surface area contributed by atoms with Gasteiger partial charge in [0.15, 0.2) is 12.4 Å². The minimum absolute atomic E-state index is 0.292. The van der Waals surface area contributed by atoms with Crippen molar-refractivity contribution in [3.05, 3.63) is 71.1 Å². The van der Waals surface area contributed by atoms with Crippen molar-refractivity contribution in [1.82, 2.24) is 10.1 Å². The Labute approximate surface area is 170 Å². The molecular weight excluding hydrogens is 397 g/mol. The molecule has 0 fully saturated rings.